The molecule has 0 saturated carbocycles. The van der Waals surface area contributed by atoms with Crippen LogP contribution >= 0.6 is 23.2 Å². The lowest BCUT2D eigenvalue weighted by atomic mass is 10.2. The number of benzene rings is 2. The molecule has 0 spiro atoms. The van der Waals surface area contributed by atoms with Crippen molar-refractivity contribution >= 4 is 28.9 Å². The minimum absolute atomic E-state index is 0.410. The van der Waals surface area contributed by atoms with E-state index in [2.05, 4.69) is 22.4 Å². The maximum Gasteiger partial charge on any atom is 0.0992 e. The standard InChI is InChI=1S/C18H17Cl2N3/c19-15-5-4-14(18(20)9-15)11-22-16-6-7-23(12-16)17-3-1-2-13(8-17)10-21/h1-5,8-9,16,22H,6-7,11-12H2/t16-/m0/s1. The molecule has 1 saturated heterocycles. The first kappa shape index (κ1) is 16.1. The van der Waals surface area contributed by atoms with Gasteiger partial charge in [0.15, 0.2) is 0 Å². The summed E-state index contributed by atoms with van der Waals surface area (Å²) < 4.78 is 0. The fraction of sp³-hybridized carbons (Fsp3) is 0.278. The smallest absolute Gasteiger partial charge is 0.0992 e. The Kier molecular flexibility index (Phi) is 5.07. The van der Waals surface area contributed by atoms with Crippen LogP contribution in [0.5, 0.6) is 0 Å². The SMILES string of the molecule is N#Cc1cccc(N2CC[C@H](NCc3ccc(Cl)cc3Cl)C2)c1. The van der Waals surface area contributed by atoms with Gasteiger partial charge >= 0.3 is 0 Å². The maximum absolute atomic E-state index is 9.01. The minimum atomic E-state index is 0.410. The van der Waals surface area contributed by atoms with Gasteiger partial charge < -0.3 is 10.2 Å². The molecule has 0 aliphatic carbocycles. The third-order valence-corrected chi connectivity index (χ3v) is 4.71. The van der Waals surface area contributed by atoms with Crippen LogP contribution in [-0.2, 0) is 6.54 Å². The van der Waals surface area contributed by atoms with Crippen molar-refractivity contribution in [3.63, 3.8) is 0 Å². The maximum atomic E-state index is 9.01. The first-order chi connectivity index (χ1) is 11.2. The van der Waals surface area contributed by atoms with Crippen LogP contribution in [-0.4, -0.2) is 19.1 Å². The third-order valence-electron chi connectivity index (χ3n) is 4.12. The van der Waals surface area contributed by atoms with Gasteiger partial charge in [-0.2, -0.15) is 5.26 Å². The number of rotatable bonds is 4. The molecule has 3 nitrogen and oxygen atoms in total. The summed E-state index contributed by atoms with van der Waals surface area (Å²) >= 11 is 12.1. The Labute approximate surface area is 146 Å². The zero-order valence-electron chi connectivity index (χ0n) is 12.6. The van der Waals surface area contributed by atoms with E-state index in [9.17, 15) is 0 Å². The molecular weight excluding hydrogens is 329 g/mol. The molecule has 0 amide bonds. The van der Waals surface area contributed by atoms with Crippen LogP contribution in [0.1, 0.15) is 17.5 Å². The summed E-state index contributed by atoms with van der Waals surface area (Å²) in [5.41, 5.74) is 2.87. The third kappa shape index (κ3) is 3.97. The second-order valence-corrected chi connectivity index (χ2v) is 6.55. The Morgan fingerprint density at radius 2 is 2.09 bits per heavy atom. The van der Waals surface area contributed by atoms with E-state index < -0.39 is 0 Å². The van der Waals surface area contributed by atoms with E-state index >= 15 is 0 Å². The number of hydrogen-bond acceptors (Lipinski definition) is 3. The fourth-order valence-corrected chi connectivity index (χ4v) is 3.33. The van der Waals surface area contributed by atoms with Gasteiger partial charge in [-0.25, -0.2) is 0 Å². The Hall–Kier alpha value is -1.73. The lowest BCUT2D eigenvalue weighted by Crippen LogP contribution is -2.32. The first-order valence-corrected chi connectivity index (χ1v) is 8.34. The van der Waals surface area contributed by atoms with Gasteiger partial charge in [-0.1, -0.05) is 35.3 Å². The van der Waals surface area contributed by atoms with Crippen molar-refractivity contribution < 1.29 is 0 Å². The normalized spacial score (nSPS) is 17.3. The van der Waals surface area contributed by atoms with Crippen LogP contribution in [0, 0.1) is 11.3 Å². The number of anilines is 1. The number of nitrogens with one attached hydrogen (secondary N) is 1. The summed E-state index contributed by atoms with van der Waals surface area (Å²) in [6, 6.07) is 16.0. The molecule has 1 fully saturated rings. The number of halogens is 2. The van der Waals surface area contributed by atoms with Gasteiger partial charge in [-0.15, -0.1) is 0 Å². The van der Waals surface area contributed by atoms with Crippen LogP contribution < -0.4 is 10.2 Å². The molecule has 1 aliphatic rings. The van der Waals surface area contributed by atoms with Crippen molar-refractivity contribution in [3.05, 3.63) is 63.6 Å². The van der Waals surface area contributed by atoms with Crippen LogP contribution in [0.2, 0.25) is 10.0 Å². The second kappa shape index (κ2) is 7.23. The van der Waals surface area contributed by atoms with E-state index in [0.29, 0.717) is 21.7 Å². The van der Waals surface area contributed by atoms with Crippen molar-refractivity contribution in [1.82, 2.24) is 5.32 Å². The quantitative estimate of drug-likeness (QED) is 0.900. The van der Waals surface area contributed by atoms with Gasteiger partial charge in [0, 0.05) is 41.4 Å². The Morgan fingerprint density at radius 1 is 1.22 bits per heavy atom. The van der Waals surface area contributed by atoms with Crippen molar-refractivity contribution in [2.45, 2.75) is 19.0 Å². The Bertz CT molecular complexity index is 739. The van der Waals surface area contributed by atoms with E-state index in [4.69, 9.17) is 28.5 Å². The lowest BCUT2D eigenvalue weighted by molar-refractivity contribution is 0.551. The molecule has 1 heterocycles. The molecule has 1 N–H and O–H groups in total. The molecule has 1 aliphatic heterocycles. The topological polar surface area (TPSA) is 39.1 Å². The summed E-state index contributed by atoms with van der Waals surface area (Å²) in [4.78, 5) is 2.31. The average Bonchev–Trinajstić information content (AvgIpc) is 3.03. The number of nitriles is 1. The second-order valence-electron chi connectivity index (χ2n) is 5.71. The highest BCUT2D eigenvalue weighted by molar-refractivity contribution is 6.35. The largest absolute Gasteiger partial charge is 0.370 e. The van der Waals surface area contributed by atoms with Gasteiger partial charge in [0.25, 0.3) is 0 Å². The lowest BCUT2D eigenvalue weighted by Gasteiger charge is -2.19. The number of nitrogens with zero attached hydrogens (tertiary/aromatic N) is 2. The molecule has 2 aromatic carbocycles. The predicted octanol–water partition coefficient (Wildman–Crippen LogP) is 4.23. The monoisotopic (exact) mass is 345 g/mol. The number of hydrogen-bond donors (Lipinski definition) is 1. The predicted molar refractivity (Wildman–Crippen MR) is 95.1 cm³/mol. The zero-order chi connectivity index (χ0) is 16.2. The molecule has 23 heavy (non-hydrogen) atoms. The summed E-state index contributed by atoms with van der Waals surface area (Å²) in [6.45, 7) is 2.65. The van der Waals surface area contributed by atoms with Crippen molar-refractivity contribution in [3.8, 4) is 6.07 Å². The van der Waals surface area contributed by atoms with E-state index in [1.165, 1.54) is 0 Å². The Balaban J connectivity index is 1.58. The van der Waals surface area contributed by atoms with Crippen LogP contribution in [0.3, 0.4) is 0 Å². The van der Waals surface area contributed by atoms with E-state index in [1.54, 1.807) is 6.07 Å². The average molecular weight is 346 g/mol. The molecule has 0 bridgehead atoms. The van der Waals surface area contributed by atoms with Crippen molar-refractivity contribution in [2.75, 3.05) is 18.0 Å². The van der Waals surface area contributed by atoms with Gasteiger partial charge in [0.05, 0.1) is 11.6 Å². The molecule has 2 aromatic rings. The first-order valence-electron chi connectivity index (χ1n) is 7.58. The van der Waals surface area contributed by atoms with Crippen LogP contribution in [0.25, 0.3) is 0 Å². The molecular formula is C18H17Cl2N3. The van der Waals surface area contributed by atoms with Gasteiger partial charge in [0.2, 0.25) is 0 Å². The van der Waals surface area contributed by atoms with E-state index in [-0.39, 0.29) is 0 Å². The minimum Gasteiger partial charge on any atom is -0.370 e. The van der Waals surface area contributed by atoms with E-state index in [1.807, 2.05) is 30.3 Å². The highest BCUT2D eigenvalue weighted by Gasteiger charge is 2.22. The zero-order valence-corrected chi connectivity index (χ0v) is 14.1. The summed E-state index contributed by atoms with van der Waals surface area (Å²) in [5, 5.41) is 13.9. The summed E-state index contributed by atoms with van der Waals surface area (Å²) in [7, 11) is 0. The molecule has 0 aromatic heterocycles. The molecule has 5 heteroatoms. The van der Waals surface area contributed by atoms with Gasteiger partial charge in [-0.3, -0.25) is 0 Å². The van der Waals surface area contributed by atoms with Gasteiger partial charge in [0.1, 0.15) is 0 Å². The Morgan fingerprint density at radius 3 is 2.87 bits per heavy atom. The molecule has 0 unspecified atom stereocenters. The molecule has 118 valence electrons. The summed E-state index contributed by atoms with van der Waals surface area (Å²) in [6.07, 6.45) is 1.07. The molecule has 3 rings (SSSR count). The summed E-state index contributed by atoms with van der Waals surface area (Å²) in [5.74, 6) is 0. The molecule has 0 radical (unpaired) electrons. The van der Waals surface area contributed by atoms with Crippen LogP contribution in [0.4, 0.5) is 5.69 Å². The fourth-order valence-electron chi connectivity index (χ4n) is 2.85. The highest BCUT2D eigenvalue weighted by atomic mass is 35.5. The highest BCUT2D eigenvalue weighted by Crippen LogP contribution is 2.23. The van der Waals surface area contributed by atoms with E-state index in [0.717, 1.165) is 37.3 Å². The van der Waals surface area contributed by atoms with Gasteiger partial charge in [-0.05, 0) is 42.3 Å². The molecule has 1 atom stereocenters. The van der Waals surface area contributed by atoms with Crippen molar-refractivity contribution in [2.24, 2.45) is 0 Å². The van der Waals surface area contributed by atoms with Crippen molar-refractivity contribution in [1.29, 1.82) is 5.26 Å². The van der Waals surface area contributed by atoms with Crippen LogP contribution in [0.15, 0.2) is 42.5 Å².